The lowest BCUT2D eigenvalue weighted by molar-refractivity contribution is -0.386. The summed E-state index contributed by atoms with van der Waals surface area (Å²) in [7, 11) is 0. The molecule has 0 bridgehead atoms. The minimum absolute atomic E-state index is 0.0194. The SMILES string of the molecule is Nc1c(O)c(Cl)cc(Cl)c1C(=O)NC1CC1.O=C(NC1CC1)c1c(Cl)cc(Cl)c(O)c1[N+](=O)[O-].O=C(O)c1c(Cl)cc(Cl)c(O)c1[N+](=O)[O-].O=c1c2c(Cl)cc(Cl)c(O)c2ncn1C1CC1. The molecule has 0 spiro atoms. The van der Waals surface area contributed by atoms with Crippen molar-refractivity contribution in [3.05, 3.63) is 118 Å². The number of anilines is 1. The predicted molar refractivity (Wildman–Crippen MR) is 246 cm³/mol. The Morgan fingerprint density at radius 2 is 1.02 bits per heavy atom. The van der Waals surface area contributed by atoms with Crippen LogP contribution in [0, 0.1) is 20.2 Å². The third-order valence-electron chi connectivity index (χ3n) is 9.34. The maximum absolute atomic E-state index is 12.2. The number of hydrogen-bond acceptors (Lipinski definition) is 14. The fourth-order valence-corrected chi connectivity index (χ4v) is 7.81. The summed E-state index contributed by atoms with van der Waals surface area (Å²) in [5, 5.41) is 72.9. The highest BCUT2D eigenvalue weighted by Crippen LogP contribution is 2.43. The standard InChI is InChI=1S/C11H8Cl2N2O2.C10H8Cl2N2O4.C10H10Cl2N2O2.C7H3Cl2NO5/c12-6-3-7(13)10(16)9-8(6)11(17)15(4-14-9)5-1-2-5;11-5-3-6(12)9(15)8(14(17)18)7(5)10(16)13-4-1-2-4;11-5-3-6(12)9(15)8(13)7(5)10(16)14-4-1-2-4;8-2-1-3(9)6(11)5(10(14)15)4(2)7(12)13/h3-5,16H,1-2H2;3-4,15H,1-2H2,(H,13,16);3-4,15H,1-2,13H2,(H,14,16);1,11H,(H,12,13). The topological polar surface area (TPSA) is 324 Å². The Kier molecular flexibility index (Phi) is 16.4. The van der Waals surface area contributed by atoms with Crippen molar-refractivity contribution < 1.29 is 49.8 Å². The minimum Gasteiger partial charge on any atom is -0.504 e. The van der Waals surface area contributed by atoms with Gasteiger partial charge in [-0.05, 0) is 62.8 Å². The zero-order chi connectivity index (χ0) is 49.2. The number of aromatic carboxylic acids is 1. The van der Waals surface area contributed by atoms with Crippen molar-refractivity contribution in [3.63, 3.8) is 0 Å². The average molecular weight is 1080 g/mol. The van der Waals surface area contributed by atoms with Gasteiger partial charge in [-0.1, -0.05) is 92.8 Å². The number of halogens is 8. The number of amides is 2. The monoisotopic (exact) mass is 1070 g/mol. The van der Waals surface area contributed by atoms with E-state index in [-0.39, 0.29) is 104 Å². The van der Waals surface area contributed by atoms with Gasteiger partial charge in [0, 0.05) is 18.1 Å². The van der Waals surface area contributed by atoms with Gasteiger partial charge in [0.05, 0.1) is 73.0 Å². The van der Waals surface area contributed by atoms with Crippen LogP contribution in [0.5, 0.6) is 23.0 Å². The molecule has 350 valence electrons. The molecular weight excluding hydrogens is 1050 g/mol. The summed E-state index contributed by atoms with van der Waals surface area (Å²) in [5.41, 5.74) is 2.58. The molecule has 0 aliphatic heterocycles. The van der Waals surface area contributed by atoms with Crippen LogP contribution in [0.2, 0.25) is 40.2 Å². The quantitative estimate of drug-likeness (QED) is 0.0310. The number of hydrogen-bond donors (Lipinski definition) is 8. The number of aromatic nitrogens is 2. The van der Waals surface area contributed by atoms with Crippen molar-refractivity contribution >= 4 is 139 Å². The van der Waals surface area contributed by atoms with Crippen molar-refractivity contribution in [2.45, 2.75) is 56.7 Å². The Morgan fingerprint density at radius 1 is 0.621 bits per heavy atom. The molecule has 20 nitrogen and oxygen atoms in total. The molecular formula is C38H29Cl8N7O13. The number of aromatic hydroxyl groups is 4. The summed E-state index contributed by atoms with van der Waals surface area (Å²) in [6.07, 6.45) is 6.97. The lowest BCUT2D eigenvalue weighted by Crippen LogP contribution is -2.26. The Bertz CT molecular complexity index is 2910. The molecule has 0 saturated heterocycles. The fourth-order valence-electron chi connectivity index (χ4n) is 5.64. The molecule has 3 aliphatic rings. The molecule has 3 aliphatic carbocycles. The number of phenols is 4. The summed E-state index contributed by atoms with van der Waals surface area (Å²) < 4.78 is 1.56. The summed E-state index contributed by atoms with van der Waals surface area (Å²) in [4.78, 5) is 70.0. The first-order valence-corrected chi connectivity index (χ1v) is 21.5. The highest BCUT2D eigenvalue weighted by Gasteiger charge is 2.34. The van der Waals surface area contributed by atoms with Crippen LogP contribution in [0.15, 0.2) is 35.4 Å². The maximum Gasteiger partial charge on any atom is 0.344 e. The smallest absolute Gasteiger partial charge is 0.344 e. The molecule has 9 N–H and O–H groups in total. The highest BCUT2D eigenvalue weighted by atomic mass is 35.5. The van der Waals surface area contributed by atoms with E-state index in [1.807, 2.05) is 0 Å². The van der Waals surface area contributed by atoms with E-state index in [2.05, 4.69) is 15.6 Å². The number of nitro benzene ring substituents is 2. The fraction of sp³-hybridized carbons (Fsp3) is 0.237. The van der Waals surface area contributed by atoms with Crippen LogP contribution in [-0.4, -0.2) is 74.8 Å². The van der Waals surface area contributed by atoms with Gasteiger partial charge in [-0.2, -0.15) is 0 Å². The van der Waals surface area contributed by atoms with Gasteiger partial charge in [0.2, 0.25) is 11.5 Å². The zero-order valence-electron chi connectivity index (χ0n) is 32.8. The van der Waals surface area contributed by atoms with E-state index in [1.54, 1.807) is 4.57 Å². The van der Waals surface area contributed by atoms with Gasteiger partial charge in [0.1, 0.15) is 11.1 Å². The molecule has 28 heteroatoms. The summed E-state index contributed by atoms with van der Waals surface area (Å²) >= 11 is 45.6. The Balaban J connectivity index is 0.000000165. The number of carbonyl (C=O) groups excluding carboxylic acids is 2. The lowest BCUT2D eigenvalue weighted by atomic mass is 10.1. The molecule has 1 aromatic heterocycles. The number of carbonyl (C=O) groups is 3. The Morgan fingerprint density at radius 3 is 1.45 bits per heavy atom. The van der Waals surface area contributed by atoms with Gasteiger partial charge >= 0.3 is 17.3 Å². The Hall–Kier alpha value is -5.45. The number of carboxylic acid groups (broad SMARTS) is 1. The molecule has 3 saturated carbocycles. The van der Waals surface area contributed by atoms with Crippen molar-refractivity contribution in [2.24, 2.45) is 0 Å². The van der Waals surface area contributed by atoms with E-state index in [1.165, 1.54) is 18.5 Å². The van der Waals surface area contributed by atoms with E-state index >= 15 is 0 Å². The van der Waals surface area contributed by atoms with E-state index < -0.39 is 55.2 Å². The number of nitrogens with two attached hydrogens (primary N) is 1. The first kappa shape index (κ1) is 51.5. The van der Waals surface area contributed by atoms with Crippen LogP contribution in [0.25, 0.3) is 10.9 Å². The molecule has 5 aromatic rings. The van der Waals surface area contributed by atoms with Crippen LogP contribution in [0.3, 0.4) is 0 Å². The second-order valence-corrected chi connectivity index (χ2v) is 17.5. The summed E-state index contributed by atoms with van der Waals surface area (Å²) in [5.74, 6) is -4.86. The van der Waals surface area contributed by atoms with Crippen LogP contribution in [0.1, 0.15) is 75.6 Å². The first-order valence-electron chi connectivity index (χ1n) is 18.5. The van der Waals surface area contributed by atoms with Crippen LogP contribution >= 0.6 is 92.8 Å². The summed E-state index contributed by atoms with van der Waals surface area (Å²) in [6.45, 7) is 0. The molecule has 4 aromatic carbocycles. The molecule has 66 heavy (non-hydrogen) atoms. The molecule has 0 atom stereocenters. The van der Waals surface area contributed by atoms with Gasteiger partial charge < -0.3 is 41.9 Å². The average Bonchev–Trinajstić information content (AvgIpc) is 4.07. The highest BCUT2D eigenvalue weighted by molar-refractivity contribution is 6.41. The van der Waals surface area contributed by atoms with E-state index in [4.69, 9.17) is 104 Å². The van der Waals surface area contributed by atoms with Crippen molar-refractivity contribution in [1.29, 1.82) is 0 Å². The maximum atomic E-state index is 12.2. The minimum atomic E-state index is -1.61. The molecule has 2 amide bonds. The number of rotatable bonds is 8. The largest absolute Gasteiger partial charge is 0.504 e. The summed E-state index contributed by atoms with van der Waals surface area (Å²) in [6, 6.07) is 5.12. The van der Waals surface area contributed by atoms with Crippen LogP contribution in [0.4, 0.5) is 17.1 Å². The van der Waals surface area contributed by atoms with E-state index in [9.17, 15) is 59.8 Å². The number of fused-ring (bicyclic) bond motifs is 1. The third-order valence-corrected chi connectivity index (χ3v) is 11.7. The number of nitrogen functional groups attached to an aromatic ring is 1. The van der Waals surface area contributed by atoms with Crippen molar-refractivity contribution in [3.8, 4) is 23.0 Å². The van der Waals surface area contributed by atoms with Crippen LogP contribution in [-0.2, 0) is 0 Å². The van der Waals surface area contributed by atoms with E-state index in [0.29, 0.717) is 0 Å². The predicted octanol–water partition coefficient (Wildman–Crippen LogP) is 9.72. The second kappa shape index (κ2) is 21.0. The van der Waals surface area contributed by atoms with Gasteiger partial charge in [0.25, 0.3) is 17.4 Å². The first-order chi connectivity index (χ1) is 30.9. The van der Waals surface area contributed by atoms with E-state index in [0.717, 1.165) is 50.7 Å². The normalized spacial score (nSPS) is 13.8. The lowest BCUT2D eigenvalue weighted by Gasteiger charge is -2.11. The molecule has 0 radical (unpaired) electrons. The van der Waals surface area contributed by atoms with Gasteiger partial charge in [-0.25, -0.2) is 9.78 Å². The Labute approximate surface area is 409 Å². The molecule has 0 unspecified atom stereocenters. The van der Waals surface area contributed by atoms with Crippen LogP contribution < -0.4 is 21.9 Å². The van der Waals surface area contributed by atoms with Gasteiger partial charge in [-0.15, -0.1) is 0 Å². The van der Waals surface area contributed by atoms with Crippen molar-refractivity contribution in [1.82, 2.24) is 20.2 Å². The van der Waals surface area contributed by atoms with Crippen molar-refractivity contribution in [2.75, 3.05) is 5.73 Å². The molecule has 3 fully saturated rings. The second-order valence-electron chi connectivity index (χ2n) is 14.2. The number of carboxylic acids is 1. The third kappa shape index (κ3) is 11.7. The number of phenolic OH excluding ortho intramolecular Hbond substituents is 4. The van der Waals surface area contributed by atoms with Gasteiger partial charge in [0.15, 0.2) is 17.1 Å². The van der Waals surface area contributed by atoms with Gasteiger partial charge in [-0.3, -0.25) is 39.2 Å². The number of nitrogens with one attached hydrogen (secondary N) is 2. The molecule has 1 heterocycles. The molecule has 8 rings (SSSR count). The number of benzene rings is 4. The number of nitro groups is 2. The zero-order valence-corrected chi connectivity index (χ0v) is 38.8. The number of nitrogens with zero attached hydrogens (tertiary/aromatic N) is 4.